The summed E-state index contributed by atoms with van der Waals surface area (Å²) in [5.41, 5.74) is -0.485. The SMILES string of the molecule is CC(C)(CC(=O)Nc1c(Br)cccc1Br)C(=O)O. The molecule has 0 aliphatic heterocycles. The van der Waals surface area contributed by atoms with Crippen LogP contribution in [-0.2, 0) is 9.59 Å². The molecule has 98 valence electrons. The molecule has 4 nitrogen and oxygen atoms in total. The van der Waals surface area contributed by atoms with Gasteiger partial charge in [-0.3, -0.25) is 9.59 Å². The van der Waals surface area contributed by atoms with Gasteiger partial charge in [-0.1, -0.05) is 6.07 Å². The minimum Gasteiger partial charge on any atom is -0.481 e. The van der Waals surface area contributed by atoms with Crippen LogP contribution in [0.3, 0.4) is 0 Å². The lowest BCUT2D eigenvalue weighted by Crippen LogP contribution is -2.29. The number of hydrogen-bond acceptors (Lipinski definition) is 2. The number of benzene rings is 1. The Morgan fingerprint density at radius 3 is 2.22 bits per heavy atom. The van der Waals surface area contributed by atoms with E-state index in [9.17, 15) is 9.59 Å². The molecule has 2 N–H and O–H groups in total. The fourth-order valence-corrected chi connectivity index (χ4v) is 2.47. The van der Waals surface area contributed by atoms with Crippen LogP contribution < -0.4 is 5.32 Å². The number of rotatable bonds is 4. The Bertz CT molecular complexity index is 466. The maximum atomic E-state index is 11.8. The van der Waals surface area contributed by atoms with E-state index in [2.05, 4.69) is 37.2 Å². The fourth-order valence-electron chi connectivity index (χ4n) is 1.28. The van der Waals surface area contributed by atoms with E-state index in [0.29, 0.717) is 5.69 Å². The van der Waals surface area contributed by atoms with Crippen molar-refractivity contribution < 1.29 is 14.7 Å². The molecule has 1 rings (SSSR count). The van der Waals surface area contributed by atoms with E-state index < -0.39 is 11.4 Å². The van der Waals surface area contributed by atoms with Crippen molar-refractivity contribution in [3.05, 3.63) is 27.1 Å². The van der Waals surface area contributed by atoms with Gasteiger partial charge in [-0.15, -0.1) is 0 Å². The number of amides is 1. The lowest BCUT2D eigenvalue weighted by Gasteiger charge is -2.18. The number of carbonyl (C=O) groups is 2. The Morgan fingerprint density at radius 1 is 1.28 bits per heavy atom. The number of hydrogen-bond donors (Lipinski definition) is 2. The predicted molar refractivity (Wildman–Crippen MR) is 76.5 cm³/mol. The Morgan fingerprint density at radius 2 is 1.78 bits per heavy atom. The Balaban J connectivity index is 2.80. The normalized spacial score (nSPS) is 11.1. The standard InChI is InChI=1S/C12H13Br2NO3/c1-12(2,11(17)18)6-9(16)15-10-7(13)4-3-5-8(10)14/h3-5H,6H2,1-2H3,(H,15,16)(H,17,18). The van der Waals surface area contributed by atoms with Gasteiger partial charge in [0, 0.05) is 15.4 Å². The van der Waals surface area contributed by atoms with Crippen LogP contribution >= 0.6 is 31.9 Å². The van der Waals surface area contributed by atoms with Crippen LogP contribution in [0.25, 0.3) is 0 Å². The van der Waals surface area contributed by atoms with Crippen molar-refractivity contribution in [1.82, 2.24) is 0 Å². The summed E-state index contributed by atoms with van der Waals surface area (Å²) in [6.07, 6.45) is -0.0872. The van der Waals surface area contributed by atoms with Crippen LogP contribution in [0.5, 0.6) is 0 Å². The van der Waals surface area contributed by atoms with Gasteiger partial charge >= 0.3 is 5.97 Å². The van der Waals surface area contributed by atoms with Gasteiger partial charge in [-0.05, 0) is 57.8 Å². The largest absolute Gasteiger partial charge is 0.481 e. The number of carboxylic acids is 1. The molecule has 0 aliphatic carbocycles. The van der Waals surface area contributed by atoms with Gasteiger partial charge in [0.15, 0.2) is 0 Å². The first-order chi connectivity index (χ1) is 8.24. The van der Waals surface area contributed by atoms with Crippen LogP contribution in [0.2, 0.25) is 0 Å². The molecule has 0 spiro atoms. The summed E-state index contributed by atoms with van der Waals surface area (Å²) in [5.74, 6) is -1.33. The quantitative estimate of drug-likeness (QED) is 0.840. The van der Waals surface area contributed by atoms with Gasteiger partial charge in [0.25, 0.3) is 0 Å². The lowest BCUT2D eigenvalue weighted by atomic mass is 9.89. The molecule has 0 heterocycles. The zero-order valence-electron chi connectivity index (χ0n) is 9.96. The van der Waals surface area contributed by atoms with E-state index in [1.165, 1.54) is 13.8 Å². The second-order valence-electron chi connectivity index (χ2n) is 4.51. The maximum absolute atomic E-state index is 11.8. The van der Waals surface area contributed by atoms with Gasteiger partial charge in [0.1, 0.15) is 0 Å². The molecular weight excluding hydrogens is 366 g/mol. The molecular formula is C12H13Br2NO3. The van der Waals surface area contributed by atoms with E-state index in [4.69, 9.17) is 5.11 Å². The lowest BCUT2D eigenvalue weighted by molar-refractivity contribution is -0.148. The summed E-state index contributed by atoms with van der Waals surface area (Å²) in [4.78, 5) is 22.8. The van der Waals surface area contributed by atoms with Crippen molar-refractivity contribution in [2.75, 3.05) is 5.32 Å². The molecule has 0 unspecified atom stereocenters. The topological polar surface area (TPSA) is 66.4 Å². The van der Waals surface area contributed by atoms with Crippen molar-refractivity contribution >= 4 is 49.4 Å². The number of carbonyl (C=O) groups excluding carboxylic acids is 1. The second kappa shape index (κ2) is 5.84. The minimum absolute atomic E-state index is 0.0872. The molecule has 18 heavy (non-hydrogen) atoms. The number of aliphatic carboxylic acids is 1. The van der Waals surface area contributed by atoms with Crippen LogP contribution in [0.15, 0.2) is 27.1 Å². The molecule has 0 atom stereocenters. The molecule has 0 saturated heterocycles. The average molecular weight is 379 g/mol. The minimum atomic E-state index is -1.09. The molecule has 0 bridgehead atoms. The van der Waals surface area contributed by atoms with Crippen LogP contribution in [-0.4, -0.2) is 17.0 Å². The van der Waals surface area contributed by atoms with Crippen LogP contribution in [0.1, 0.15) is 20.3 Å². The van der Waals surface area contributed by atoms with Crippen LogP contribution in [0, 0.1) is 5.41 Å². The highest BCUT2D eigenvalue weighted by atomic mass is 79.9. The summed E-state index contributed by atoms with van der Waals surface area (Å²) in [5, 5.41) is 11.7. The predicted octanol–water partition coefficient (Wildman–Crippen LogP) is 3.65. The van der Waals surface area contributed by atoms with Gasteiger partial charge in [-0.25, -0.2) is 0 Å². The van der Waals surface area contributed by atoms with Gasteiger partial charge < -0.3 is 10.4 Å². The molecule has 0 fully saturated rings. The molecule has 1 aromatic rings. The summed E-state index contributed by atoms with van der Waals surface area (Å²) >= 11 is 6.65. The number of halogens is 2. The van der Waals surface area contributed by atoms with Crippen molar-refractivity contribution in [2.45, 2.75) is 20.3 Å². The van der Waals surface area contributed by atoms with Crippen molar-refractivity contribution in [1.29, 1.82) is 0 Å². The number of carboxylic acid groups (broad SMARTS) is 1. The van der Waals surface area contributed by atoms with E-state index in [1.54, 1.807) is 12.1 Å². The molecule has 6 heteroatoms. The first-order valence-corrected chi connectivity index (χ1v) is 6.80. The van der Waals surface area contributed by atoms with Gasteiger partial charge in [-0.2, -0.15) is 0 Å². The maximum Gasteiger partial charge on any atom is 0.309 e. The van der Waals surface area contributed by atoms with E-state index in [-0.39, 0.29) is 12.3 Å². The summed E-state index contributed by atoms with van der Waals surface area (Å²) in [7, 11) is 0. The Hall–Kier alpha value is -0.880. The van der Waals surface area contributed by atoms with E-state index in [0.717, 1.165) is 8.95 Å². The average Bonchev–Trinajstić information content (AvgIpc) is 2.22. The van der Waals surface area contributed by atoms with Crippen molar-refractivity contribution in [3.8, 4) is 0 Å². The monoisotopic (exact) mass is 377 g/mol. The summed E-state index contributed by atoms with van der Waals surface area (Å²) < 4.78 is 1.47. The smallest absolute Gasteiger partial charge is 0.309 e. The number of anilines is 1. The fraction of sp³-hybridized carbons (Fsp3) is 0.333. The van der Waals surface area contributed by atoms with Crippen molar-refractivity contribution in [2.24, 2.45) is 5.41 Å². The summed E-state index contributed by atoms with van der Waals surface area (Å²) in [6, 6.07) is 5.41. The highest BCUT2D eigenvalue weighted by Crippen LogP contribution is 2.31. The van der Waals surface area contributed by atoms with Gasteiger partial charge in [0.05, 0.1) is 11.1 Å². The van der Waals surface area contributed by atoms with Gasteiger partial charge in [0.2, 0.25) is 5.91 Å². The van der Waals surface area contributed by atoms with E-state index >= 15 is 0 Å². The Labute approximate surface area is 122 Å². The molecule has 0 aliphatic rings. The third kappa shape index (κ3) is 3.81. The molecule has 0 saturated carbocycles. The molecule has 1 amide bonds. The Kier molecular flexibility index (Phi) is 4.92. The first kappa shape index (κ1) is 15.2. The molecule has 0 radical (unpaired) electrons. The zero-order valence-corrected chi connectivity index (χ0v) is 13.1. The number of para-hydroxylation sites is 1. The molecule has 1 aromatic carbocycles. The highest BCUT2D eigenvalue weighted by Gasteiger charge is 2.30. The highest BCUT2D eigenvalue weighted by molar-refractivity contribution is 9.11. The van der Waals surface area contributed by atoms with Crippen LogP contribution in [0.4, 0.5) is 5.69 Å². The zero-order chi connectivity index (χ0) is 13.9. The van der Waals surface area contributed by atoms with E-state index in [1.807, 2.05) is 6.07 Å². The third-order valence-corrected chi connectivity index (χ3v) is 3.73. The molecule has 0 aromatic heterocycles. The first-order valence-electron chi connectivity index (χ1n) is 5.21. The number of nitrogens with one attached hydrogen (secondary N) is 1. The van der Waals surface area contributed by atoms with Crippen molar-refractivity contribution in [3.63, 3.8) is 0 Å². The summed E-state index contributed by atoms with van der Waals surface area (Å²) in [6.45, 7) is 3.04. The second-order valence-corrected chi connectivity index (χ2v) is 6.22. The third-order valence-electron chi connectivity index (χ3n) is 2.41.